The van der Waals surface area contributed by atoms with Crippen LogP contribution in [0.15, 0.2) is 24.3 Å². The zero-order valence-corrected chi connectivity index (χ0v) is 17.2. The molecule has 142 valence electrons. The molecule has 0 aliphatic carbocycles. The van der Waals surface area contributed by atoms with Gasteiger partial charge in [-0.2, -0.15) is 0 Å². The van der Waals surface area contributed by atoms with Crippen molar-refractivity contribution < 1.29 is 0 Å². The van der Waals surface area contributed by atoms with E-state index in [1.165, 1.54) is 50.1 Å². The van der Waals surface area contributed by atoms with Gasteiger partial charge in [0.1, 0.15) is 0 Å². The predicted molar refractivity (Wildman–Crippen MR) is 110 cm³/mol. The highest BCUT2D eigenvalue weighted by Gasteiger charge is 2.18. The fourth-order valence-corrected chi connectivity index (χ4v) is 3.63. The zero-order valence-electron chi connectivity index (χ0n) is 17.2. The summed E-state index contributed by atoms with van der Waals surface area (Å²) in [6, 6.07) is 9.92. The molecule has 0 spiro atoms. The van der Waals surface area contributed by atoms with Crippen LogP contribution in [0.4, 0.5) is 5.69 Å². The lowest BCUT2D eigenvalue weighted by molar-refractivity contribution is 0.209. The lowest BCUT2D eigenvalue weighted by Gasteiger charge is -2.38. The summed E-state index contributed by atoms with van der Waals surface area (Å²) in [6.45, 7) is 16.1. The molecule has 0 unspecified atom stereocenters. The van der Waals surface area contributed by atoms with Crippen molar-refractivity contribution in [2.75, 3.05) is 44.7 Å². The van der Waals surface area contributed by atoms with Crippen molar-refractivity contribution >= 4 is 5.69 Å². The molecule has 0 atom stereocenters. The summed E-state index contributed by atoms with van der Waals surface area (Å²) in [6.07, 6.45) is 4.02. The summed E-state index contributed by atoms with van der Waals surface area (Å²) >= 11 is 0. The number of hydrogen-bond donors (Lipinski definition) is 0. The zero-order chi connectivity index (χ0) is 18.2. The molecule has 1 heterocycles. The van der Waals surface area contributed by atoms with E-state index in [9.17, 15) is 0 Å². The number of hydrogen-bond acceptors (Lipinski definition) is 3. The van der Waals surface area contributed by atoms with E-state index in [2.05, 4.69) is 73.7 Å². The number of benzene rings is 1. The molecule has 0 saturated carbocycles. The van der Waals surface area contributed by atoms with Crippen LogP contribution >= 0.6 is 0 Å². The molecule has 3 nitrogen and oxygen atoms in total. The Balaban J connectivity index is 1.74. The first-order valence-electron chi connectivity index (χ1n) is 10.2. The molecule has 1 aromatic carbocycles. The van der Waals surface area contributed by atoms with Crippen LogP contribution in [0.5, 0.6) is 0 Å². The van der Waals surface area contributed by atoms with Crippen LogP contribution < -0.4 is 4.90 Å². The molecule has 1 aliphatic heterocycles. The average Bonchev–Trinajstić information content (AvgIpc) is 2.59. The molecule has 0 aromatic heterocycles. The summed E-state index contributed by atoms with van der Waals surface area (Å²) < 4.78 is 0. The van der Waals surface area contributed by atoms with Gasteiger partial charge in [0, 0.05) is 44.5 Å². The van der Waals surface area contributed by atoms with Crippen LogP contribution in [0.1, 0.15) is 52.5 Å². The van der Waals surface area contributed by atoms with Crippen molar-refractivity contribution in [3.8, 4) is 0 Å². The van der Waals surface area contributed by atoms with Crippen molar-refractivity contribution in [1.29, 1.82) is 0 Å². The predicted octanol–water partition coefficient (Wildman–Crippen LogP) is 4.48. The maximum Gasteiger partial charge on any atom is 0.0367 e. The summed E-state index contributed by atoms with van der Waals surface area (Å²) in [5.74, 6) is 0.834. The Hall–Kier alpha value is -1.06. The van der Waals surface area contributed by atoms with Gasteiger partial charge in [-0.1, -0.05) is 38.8 Å². The highest BCUT2D eigenvalue weighted by molar-refractivity contribution is 5.48. The normalized spacial score (nSPS) is 16.4. The molecule has 1 saturated heterocycles. The van der Waals surface area contributed by atoms with Gasteiger partial charge in [-0.3, -0.25) is 4.90 Å². The van der Waals surface area contributed by atoms with E-state index >= 15 is 0 Å². The van der Waals surface area contributed by atoms with Crippen molar-refractivity contribution in [2.45, 2.75) is 59.5 Å². The van der Waals surface area contributed by atoms with Crippen molar-refractivity contribution in [1.82, 2.24) is 9.80 Å². The van der Waals surface area contributed by atoms with E-state index in [1.807, 2.05) is 0 Å². The molecule has 3 heteroatoms. The van der Waals surface area contributed by atoms with E-state index < -0.39 is 0 Å². The number of nitrogens with zero attached hydrogens (tertiary/aromatic N) is 3. The Labute approximate surface area is 156 Å². The van der Waals surface area contributed by atoms with Crippen LogP contribution in [-0.4, -0.2) is 55.6 Å². The summed E-state index contributed by atoms with van der Waals surface area (Å²) in [5, 5.41) is 0. The third kappa shape index (κ3) is 6.99. The minimum Gasteiger partial charge on any atom is -0.369 e. The van der Waals surface area contributed by atoms with Gasteiger partial charge in [0.25, 0.3) is 0 Å². The number of unbranched alkanes of at least 4 members (excludes halogenated alkanes) is 1. The van der Waals surface area contributed by atoms with Crippen LogP contribution in [-0.2, 0) is 6.54 Å². The minimum atomic E-state index is 0.667. The quantitative estimate of drug-likeness (QED) is 0.611. The van der Waals surface area contributed by atoms with Gasteiger partial charge in [0.05, 0.1) is 0 Å². The van der Waals surface area contributed by atoms with E-state index in [4.69, 9.17) is 0 Å². The summed E-state index contributed by atoms with van der Waals surface area (Å²) in [4.78, 5) is 7.55. The van der Waals surface area contributed by atoms with Crippen molar-refractivity contribution in [3.05, 3.63) is 29.8 Å². The molecular formula is C22H39N3. The maximum absolute atomic E-state index is 2.57. The molecule has 1 fully saturated rings. The van der Waals surface area contributed by atoms with Gasteiger partial charge in [0.2, 0.25) is 0 Å². The molecule has 25 heavy (non-hydrogen) atoms. The fourth-order valence-electron chi connectivity index (χ4n) is 3.63. The SMILES string of the molecule is CC(C)CCCCN(C)Cc1ccc(N2CCN(C(C)C)CC2)cc1. The molecule has 1 aliphatic rings. The molecule has 0 amide bonds. The lowest BCUT2D eigenvalue weighted by atomic mass is 10.1. The van der Waals surface area contributed by atoms with E-state index in [0.717, 1.165) is 25.6 Å². The summed E-state index contributed by atoms with van der Waals surface area (Å²) in [5.41, 5.74) is 2.81. The average molecular weight is 346 g/mol. The number of anilines is 1. The second-order valence-corrected chi connectivity index (χ2v) is 8.41. The van der Waals surface area contributed by atoms with E-state index in [1.54, 1.807) is 0 Å². The second-order valence-electron chi connectivity index (χ2n) is 8.41. The minimum absolute atomic E-state index is 0.667. The molecule has 0 bridgehead atoms. The Morgan fingerprint density at radius 3 is 2.12 bits per heavy atom. The number of piperazine rings is 1. The second kappa shape index (κ2) is 10.2. The Bertz CT molecular complexity index is 473. The van der Waals surface area contributed by atoms with Crippen LogP contribution in [0, 0.1) is 5.92 Å². The molecule has 1 aromatic rings. The van der Waals surface area contributed by atoms with Crippen LogP contribution in [0.25, 0.3) is 0 Å². The van der Waals surface area contributed by atoms with Gasteiger partial charge in [-0.15, -0.1) is 0 Å². The van der Waals surface area contributed by atoms with E-state index in [-0.39, 0.29) is 0 Å². The maximum atomic E-state index is 2.57. The largest absolute Gasteiger partial charge is 0.369 e. The third-order valence-electron chi connectivity index (χ3n) is 5.37. The topological polar surface area (TPSA) is 9.72 Å². The van der Waals surface area contributed by atoms with Crippen molar-refractivity contribution in [3.63, 3.8) is 0 Å². The highest BCUT2D eigenvalue weighted by atomic mass is 15.3. The standard InChI is InChI=1S/C22H39N3/c1-19(2)8-6-7-13-23(5)18-21-9-11-22(12-10-21)25-16-14-24(15-17-25)20(3)4/h9-12,19-20H,6-8,13-18H2,1-5H3. The van der Waals surface area contributed by atoms with Crippen molar-refractivity contribution in [2.24, 2.45) is 5.92 Å². The Morgan fingerprint density at radius 1 is 0.920 bits per heavy atom. The molecular weight excluding hydrogens is 306 g/mol. The van der Waals surface area contributed by atoms with Gasteiger partial charge in [-0.25, -0.2) is 0 Å². The van der Waals surface area contributed by atoms with Gasteiger partial charge < -0.3 is 9.80 Å². The monoisotopic (exact) mass is 345 g/mol. The van der Waals surface area contributed by atoms with Crippen LogP contribution in [0.3, 0.4) is 0 Å². The van der Waals surface area contributed by atoms with Gasteiger partial charge >= 0.3 is 0 Å². The van der Waals surface area contributed by atoms with Gasteiger partial charge in [-0.05, 0) is 57.5 Å². The summed E-state index contributed by atoms with van der Waals surface area (Å²) in [7, 11) is 2.24. The first-order valence-corrected chi connectivity index (χ1v) is 10.2. The first kappa shape index (κ1) is 20.3. The smallest absolute Gasteiger partial charge is 0.0367 e. The van der Waals surface area contributed by atoms with Crippen LogP contribution in [0.2, 0.25) is 0 Å². The Morgan fingerprint density at radius 2 is 1.56 bits per heavy atom. The lowest BCUT2D eigenvalue weighted by Crippen LogP contribution is -2.48. The van der Waals surface area contributed by atoms with E-state index in [0.29, 0.717) is 6.04 Å². The molecule has 0 N–H and O–H groups in total. The molecule has 0 radical (unpaired) electrons. The first-order chi connectivity index (χ1) is 12.0. The number of rotatable bonds is 9. The highest BCUT2D eigenvalue weighted by Crippen LogP contribution is 2.19. The fraction of sp³-hybridized carbons (Fsp3) is 0.727. The Kier molecular flexibility index (Phi) is 8.25. The molecule has 2 rings (SSSR count). The third-order valence-corrected chi connectivity index (χ3v) is 5.37. The van der Waals surface area contributed by atoms with Gasteiger partial charge in [0.15, 0.2) is 0 Å².